The molecule has 1 saturated heterocycles. The largest absolute Gasteiger partial charge is 0.480 e. The molecule has 1 aliphatic heterocycles. The summed E-state index contributed by atoms with van der Waals surface area (Å²) in [6.07, 6.45) is -0.953. The third kappa shape index (κ3) is 3.57. The van der Waals surface area contributed by atoms with Crippen molar-refractivity contribution in [3.63, 3.8) is 0 Å². The van der Waals surface area contributed by atoms with Crippen LogP contribution in [0.2, 0.25) is 0 Å². The van der Waals surface area contributed by atoms with E-state index in [4.69, 9.17) is 10.8 Å². The quantitative estimate of drug-likeness (QED) is 0.610. The van der Waals surface area contributed by atoms with Crippen LogP contribution in [-0.2, 0) is 14.6 Å². The number of hydrogen-bond donors (Lipinski definition) is 3. The van der Waals surface area contributed by atoms with Crippen LogP contribution < -0.4 is 5.73 Å². The van der Waals surface area contributed by atoms with Gasteiger partial charge in [-0.3, -0.25) is 4.79 Å². The number of nitrogens with two attached hydrogens (primary N) is 1. The molecule has 0 aliphatic carbocycles. The van der Waals surface area contributed by atoms with Crippen molar-refractivity contribution in [3.8, 4) is 0 Å². The average molecular weight is 283 g/mol. The van der Waals surface area contributed by atoms with Gasteiger partial charge in [-0.2, -0.15) is 0 Å². The number of carboxylic acids is 1. The van der Waals surface area contributed by atoms with Crippen molar-refractivity contribution >= 4 is 27.6 Å². The van der Waals surface area contributed by atoms with Gasteiger partial charge in [-0.25, -0.2) is 8.42 Å². The van der Waals surface area contributed by atoms with Crippen LogP contribution in [0.1, 0.15) is 13.8 Å². The van der Waals surface area contributed by atoms with Gasteiger partial charge in [0, 0.05) is 10.00 Å². The minimum absolute atomic E-state index is 0.130. The molecule has 2 unspecified atom stereocenters. The number of aliphatic hydroxyl groups excluding tert-OH is 1. The Morgan fingerprint density at radius 3 is 2.35 bits per heavy atom. The molecule has 0 amide bonds. The van der Waals surface area contributed by atoms with Gasteiger partial charge in [0.05, 0.1) is 17.6 Å². The minimum atomic E-state index is -3.22. The maximum Gasteiger partial charge on any atom is 0.321 e. The Morgan fingerprint density at radius 2 is 2.00 bits per heavy atom. The summed E-state index contributed by atoms with van der Waals surface area (Å²) in [5.41, 5.74) is 5.53. The van der Waals surface area contributed by atoms with E-state index in [1.54, 1.807) is 13.8 Å². The first-order valence-corrected chi connectivity index (χ1v) is 7.80. The summed E-state index contributed by atoms with van der Waals surface area (Å²) in [6, 6.07) is -1.11. The number of hydrogen-bond acceptors (Lipinski definition) is 6. The molecule has 3 atom stereocenters. The maximum absolute atomic E-state index is 11.3. The summed E-state index contributed by atoms with van der Waals surface area (Å²) >= 11 is 1.12. The fourth-order valence-corrected chi connectivity index (χ4v) is 5.58. The van der Waals surface area contributed by atoms with Crippen LogP contribution in [0.3, 0.4) is 0 Å². The first kappa shape index (κ1) is 14.7. The summed E-state index contributed by atoms with van der Waals surface area (Å²) in [5.74, 6) is -1.53. The second kappa shape index (κ2) is 4.75. The molecule has 8 heteroatoms. The lowest BCUT2D eigenvalue weighted by Crippen LogP contribution is -2.48. The summed E-state index contributed by atoms with van der Waals surface area (Å²) in [6.45, 7) is 3.27. The van der Waals surface area contributed by atoms with Crippen molar-refractivity contribution in [1.82, 2.24) is 0 Å². The van der Waals surface area contributed by atoms with Crippen LogP contribution in [0, 0.1) is 0 Å². The highest BCUT2D eigenvalue weighted by molar-refractivity contribution is 8.03. The fourth-order valence-electron chi connectivity index (χ4n) is 1.67. The van der Waals surface area contributed by atoms with Gasteiger partial charge >= 0.3 is 5.97 Å². The van der Waals surface area contributed by atoms with Crippen molar-refractivity contribution in [2.75, 3.05) is 11.5 Å². The smallest absolute Gasteiger partial charge is 0.321 e. The maximum atomic E-state index is 11.3. The van der Waals surface area contributed by atoms with Gasteiger partial charge in [0.2, 0.25) is 0 Å². The number of carbonyl (C=O) groups is 1. The van der Waals surface area contributed by atoms with E-state index >= 15 is 0 Å². The molecule has 100 valence electrons. The van der Waals surface area contributed by atoms with E-state index in [2.05, 4.69) is 0 Å². The monoisotopic (exact) mass is 283 g/mol. The molecular weight excluding hydrogens is 266 g/mol. The topological polar surface area (TPSA) is 118 Å². The van der Waals surface area contributed by atoms with E-state index < -0.39 is 37.9 Å². The van der Waals surface area contributed by atoms with Crippen molar-refractivity contribution < 1.29 is 23.4 Å². The molecular formula is C9H17NO5S2. The normalized spacial score (nSPS) is 30.1. The van der Waals surface area contributed by atoms with Crippen LogP contribution in [0.5, 0.6) is 0 Å². The van der Waals surface area contributed by atoms with Crippen LogP contribution in [0.4, 0.5) is 0 Å². The molecule has 0 aromatic heterocycles. The molecule has 1 rings (SSSR count). The Balaban J connectivity index is 2.75. The Hall–Kier alpha value is -0.310. The van der Waals surface area contributed by atoms with Crippen molar-refractivity contribution in [1.29, 1.82) is 0 Å². The first-order chi connectivity index (χ1) is 7.55. The lowest BCUT2D eigenvalue weighted by atomic mass is 10.1. The molecule has 0 spiro atoms. The molecule has 4 N–H and O–H groups in total. The third-order valence-corrected chi connectivity index (χ3v) is 6.31. The number of thioether (sulfide) groups is 1. The van der Waals surface area contributed by atoms with Gasteiger partial charge in [-0.05, 0) is 13.8 Å². The summed E-state index contributed by atoms with van der Waals surface area (Å²) in [5, 5.41) is 17.9. The Morgan fingerprint density at radius 1 is 1.47 bits per heavy atom. The molecule has 0 aromatic carbocycles. The lowest BCUT2D eigenvalue weighted by molar-refractivity contribution is -0.139. The standard InChI is InChI=1S/C9H17NO5S2/c1-9(2,7(10)8(12)13)16-6-4-17(14,15)3-5(6)11/h5-7,11H,3-4,10H2,1-2H3,(H,12,13)/t5?,6?,7-/m1/s1. The Kier molecular flexibility index (Phi) is 4.12. The molecule has 1 fully saturated rings. The van der Waals surface area contributed by atoms with Gasteiger partial charge in [-0.15, -0.1) is 11.8 Å². The van der Waals surface area contributed by atoms with E-state index in [0.29, 0.717) is 0 Å². The van der Waals surface area contributed by atoms with Gasteiger partial charge in [0.1, 0.15) is 6.04 Å². The van der Waals surface area contributed by atoms with Gasteiger partial charge in [-0.1, -0.05) is 0 Å². The summed E-state index contributed by atoms with van der Waals surface area (Å²) in [4.78, 5) is 10.8. The number of rotatable bonds is 4. The molecule has 1 heterocycles. The zero-order valence-electron chi connectivity index (χ0n) is 9.66. The summed E-state index contributed by atoms with van der Waals surface area (Å²) < 4.78 is 21.8. The predicted octanol–water partition coefficient (Wildman–Crippen LogP) is -0.932. The molecule has 0 saturated carbocycles. The lowest BCUT2D eigenvalue weighted by Gasteiger charge is -2.31. The summed E-state index contributed by atoms with van der Waals surface area (Å²) in [7, 11) is -3.22. The third-order valence-electron chi connectivity index (χ3n) is 2.74. The van der Waals surface area contributed by atoms with Crippen LogP contribution in [0.25, 0.3) is 0 Å². The molecule has 17 heavy (non-hydrogen) atoms. The average Bonchev–Trinajstić information content (AvgIpc) is 2.37. The SMILES string of the molecule is CC(C)(SC1CS(=O)(=O)CC1O)[C@H](N)C(=O)O. The number of carboxylic acid groups (broad SMARTS) is 1. The highest BCUT2D eigenvalue weighted by Gasteiger charge is 2.43. The zero-order chi connectivity index (χ0) is 13.4. The van der Waals surface area contributed by atoms with Gasteiger partial charge in [0.25, 0.3) is 0 Å². The molecule has 0 radical (unpaired) electrons. The highest BCUT2D eigenvalue weighted by atomic mass is 32.2. The van der Waals surface area contributed by atoms with Gasteiger partial charge in [0.15, 0.2) is 9.84 Å². The molecule has 6 nitrogen and oxygen atoms in total. The van der Waals surface area contributed by atoms with Crippen LogP contribution in [0.15, 0.2) is 0 Å². The fraction of sp³-hybridized carbons (Fsp3) is 0.889. The van der Waals surface area contributed by atoms with E-state index in [1.807, 2.05) is 0 Å². The number of sulfone groups is 1. The minimum Gasteiger partial charge on any atom is -0.480 e. The molecule has 0 bridgehead atoms. The highest BCUT2D eigenvalue weighted by Crippen LogP contribution is 2.36. The second-order valence-corrected chi connectivity index (χ2v) is 8.77. The predicted molar refractivity (Wildman–Crippen MR) is 65.7 cm³/mol. The van der Waals surface area contributed by atoms with Crippen molar-refractivity contribution in [3.05, 3.63) is 0 Å². The first-order valence-electron chi connectivity index (χ1n) is 5.10. The van der Waals surface area contributed by atoms with Crippen LogP contribution in [-0.4, -0.2) is 58.2 Å². The second-order valence-electron chi connectivity index (χ2n) is 4.72. The van der Waals surface area contributed by atoms with E-state index in [1.165, 1.54) is 0 Å². The van der Waals surface area contributed by atoms with E-state index in [0.717, 1.165) is 11.8 Å². The van der Waals surface area contributed by atoms with E-state index in [9.17, 15) is 18.3 Å². The molecule has 1 aliphatic rings. The van der Waals surface area contributed by atoms with Gasteiger partial charge < -0.3 is 15.9 Å². The zero-order valence-corrected chi connectivity index (χ0v) is 11.3. The number of aliphatic carboxylic acids is 1. The number of aliphatic hydroxyl groups is 1. The molecule has 0 aromatic rings. The van der Waals surface area contributed by atoms with Crippen molar-refractivity contribution in [2.45, 2.75) is 36.0 Å². The van der Waals surface area contributed by atoms with Crippen LogP contribution >= 0.6 is 11.8 Å². The Bertz CT molecular complexity index is 406. The Labute approximate surface area is 104 Å². The van der Waals surface area contributed by atoms with Crippen molar-refractivity contribution in [2.24, 2.45) is 5.73 Å². The van der Waals surface area contributed by atoms with E-state index in [-0.39, 0.29) is 11.5 Å².